The van der Waals surface area contributed by atoms with Crippen molar-refractivity contribution in [2.75, 3.05) is 24.5 Å². The Morgan fingerprint density at radius 2 is 2.05 bits per heavy atom. The van der Waals surface area contributed by atoms with E-state index in [2.05, 4.69) is 16.3 Å². The predicted octanol–water partition coefficient (Wildman–Crippen LogP) is 3.07. The summed E-state index contributed by atoms with van der Waals surface area (Å²) in [6, 6.07) is 6.09. The molecule has 114 valence electrons. The molecule has 0 aromatic heterocycles. The summed E-state index contributed by atoms with van der Waals surface area (Å²) in [5.41, 5.74) is 2.36. The number of aliphatic carboxylic acids is 1. The van der Waals surface area contributed by atoms with Crippen molar-refractivity contribution in [3.05, 3.63) is 28.8 Å². The van der Waals surface area contributed by atoms with Gasteiger partial charge in [-0.2, -0.15) is 0 Å². The number of benzene rings is 1. The number of carboxylic acid groups (broad SMARTS) is 1. The van der Waals surface area contributed by atoms with Gasteiger partial charge in [-0.1, -0.05) is 11.6 Å². The van der Waals surface area contributed by atoms with E-state index in [1.165, 1.54) is 24.9 Å². The number of halogens is 1. The van der Waals surface area contributed by atoms with Crippen LogP contribution in [0.4, 0.5) is 5.69 Å². The SMILES string of the molecule is O=C(O)C1CNC(c2cc(Cl)ccc2N2CCCCC2)C1. The Labute approximate surface area is 130 Å². The first-order valence-corrected chi connectivity index (χ1v) is 8.03. The molecular formula is C16H21ClN2O2. The summed E-state index contributed by atoms with van der Waals surface area (Å²) in [4.78, 5) is 13.6. The smallest absolute Gasteiger partial charge is 0.307 e. The molecule has 2 heterocycles. The molecule has 1 aromatic carbocycles. The largest absolute Gasteiger partial charge is 0.481 e. The Morgan fingerprint density at radius 3 is 2.71 bits per heavy atom. The molecule has 2 atom stereocenters. The van der Waals surface area contributed by atoms with Gasteiger partial charge in [-0.25, -0.2) is 0 Å². The van der Waals surface area contributed by atoms with Gasteiger partial charge in [0.2, 0.25) is 0 Å². The summed E-state index contributed by atoms with van der Waals surface area (Å²) < 4.78 is 0. The molecule has 2 aliphatic heterocycles. The molecule has 0 radical (unpaired) electrons. The second kappa shape index (κ2) is 6.24. The van der Waals surface area contributed by atoms with Gasteiger partial charge < -0.3 is 15.3 Å². The fourth-order valence-corrected chi connectivity index (χ4v) is 3.57. The zero-order chi connectivity index (χ0) is 14.8. The third kappa shape index (κ3) is 3.16. The third-order valence-corrected chi connectivity index (χ3v) is 4.78. The van der Waals surface area contributed by atoms with E-state index in [1.807, 2.05) is 12.1 Å². The van der Waals surface area contributed by atoms with Crippen LogP contribution in [0.5, 0.6) is 0 Å². The summed E-state index contributed by atoms with van der Waals surface area (Å²) in [5, 5.41) is 13.2. The van der Waals surface area contributed by atoms with Crippen LogP contribution in [-0.2, 0) is 4.79 Å². The van der Waals surface area contributed by atoms with Gasteiger partial charge in [-0.3, -0.25) is 4.79 Å². The molecule has 2 unspecified atom stereocenters. The summed E-state index contributed by atoms with van der Waals surface area (Å²) >= 11 is 6.17. The quantitative estimate of drug-likeness (QED) is 0.901. The maximum Gasteiger partial charge on any atom is 0.307 e. The monoisotopic (exact) mass is 308 g/mol. The second-order valence-electron chi connectivity index (χ2n) is 5.98. The highest BCUT2D eigenvalue weighted by molar-refractivity contribution is 6.30. The lowest BCUT2D eigenvalue weighted by Crippen LogP contribution is -2.31. The van der Waals surface area contributed by atoms with Crippen LogP contribution >= 0.6 is 11.6 Å². The summed E-state index contributed by atoms with van der Waals surface area (Å²) in [7, 11) is 0. The molecular weight excluding hydrogens is 288 g/mol. The predicted molar refractivity (Wildman–Crippen MR) is 84.0 cm³/mol. The Hall–Kier alpha value is -1.26. The number of anilines is 1. The van der Waals surface area contributed by atoms with E-state index in [4.69, 9.17) is 11.6 Å². The number of hydrogen-bond acceptors (Lipinski definition) is 3. The minimum Gasteiger partial charge on any atom is -0.481 e. The van der Waals surface area contributed by atoms with Gasteiger partial charge in [0.05, 0.1) is 5.92 Å². The maximum absolute atomic E-state index is 11.2. The zero-order valence-electron chi connectivity index (χ0n) is 12.0. The average molecular weight is 309 g/mol. The van der Waals surface area contributed by atoms with Crippen LogP contribution in [0.2, 0.25) is 5.02 Å². The molecule has 2 aliphatic rings. The molecule has 2 fully saturated rings. The average Bonchev–Trinajstić information content (AvgIpc) is 2.98. The van der Waals surface area contributed by atoms with Crippen LogP contribution < -0.4 is 10.2 Å². The number of piperidine rings is 1. The van der Waals surface area contributed by atoms with Crippen molar-refractivity contribution >= 4 is 23.3 Å². The topological polar surface area (TPSA) is 52.6 Å². The number of carbonyl (C=O) groups is 1. The molecule has 0 saturated carbocycles. The van der Waals surface area contributed by atoms with E-state index >= 15 is 0 Å². The molecule has 0 bridgehead atoms. The van der Waals surface area contributed by atoms with Crippen molar-refractivity contribution in [2.24, 2.45) is 5.92 Å². The van der Waals surface area contributed by atoms with Crippen LogP contribution in [0.1, 0.15) is 37.3 Å². The normalized spacial score (nSPS) is 26.0. The molecule has 1 aromatic rings. The van der Waals surface area contributed by atoms with Crippen LogP contribution in [0, 0.1) is 5.92 Å². The standard InChI is InChI=1S/C16H21ClN2O2/c17-12-4-5-15(19-6-2-1-3-7-19)13(9-12)14-8-11(10-18-14)16(20)21/h4-5,9,11,14,18H,1-3,6-8,10H2,(H,20,21). The lowest BCUT2D eigenvalue weighted by atomic mass is 9.97. The van der Waals surface area contributed by atoms with Crippen molar-refractivity contribution in [1.82, 2.24) is 5.32 Å². The Kier molecular flexibility index (Phi) is 4.36. The molecule has 0 aliphatic carbocycles. The van der Waals surface area contributed by atoms with Gasteiger partial charge in [0.15, 0.2) is 0 Å². The van der Waals surface area contributed by atoms with Crippen molar-refractivity contribution in [1.29, 1.82) is 0 Å². The second-order valence-corrected chi connectivity index (χ2v) is 6.42. The highest BCUT2D eigenvalue weighted by atomic mass is 35.5. The van der Waals surface area contributed by atoms with E-state index in [-0.39, 0.29) is 12.0 Å². The van der Waals surface area contributed by atoms with Crippen LogP contribution in [-0.4, -0.2) is 30.7 Å². The van der Waals surface area contributed by atoms with Crippen LogP contribution in [0.3, 0.4) is 0 Å². The van der Waals surface area contributed by atoms with Crippen molar-refractivity contribution < 1.29 is 9.90 Å². The number of rotatable bonds is 3. The van der Waals surface area contributed by atoms with Gasteiger partial charge in [-0.15, -0.1) is 0 Å². The summed E-state index contributed by atoms with van der Waals surface area (Å²) in [6.45, 7) is 2.68. The van der Waals surface area contributed by atoms with Crippen LogP contribution in [0.25, 0.3) is 0 Å². The summed E-state index contributed by atoms with van der Waals surface area (Å²) in [6.07, 6.45) is 4.37. The first-order chi connectivity index (χ1) is 10.1. The highest BCUT2D eigenvalue weighted by Crippen LogP contribution is 2.36. The van der Waals surface area contributed by atoms with Gasteiger partial charge in [0.1, 0.15) is 0 Å². The molecule has 4 nitrogen and oxygen atoms in total. The maximum atomic E-state index is 11.2. The van der Waals surface area contributed by atoms with E-state index in [0.717, 1.165) is 18.7 Å². The van der Waals surface area contributed by atoms with Gasteiger partial charge >= 0.3 is 5.97 Å². The first-order valence-electron chi connectivity index (χ1n) is 7.66. The number of hydrogen-bond donors (Lipinski definition) is 2. The molecule has 2 N–H and O–H groups in total. The Bertz CT molecular complexity index is 529. The lowest BCUT2D eigenvalue weighted by molar-refractivity contribution is -0.141. The molecule has 0 amide bonds. The third-order valence-electron chi connectivity index (χ3n) is 4.54. The van der Waals surface area contributed by atoms with Gasteiger partial charge in [0, 0.05) is 36.4 Å². The molecule has 21 heavy (non-hydrogen) atoms. The first kappa shape index (κ1) is 14.7. The minimum absolute atomic E-state index is 0.0849. The highest BCUT2D eigenvalue weighted by Gasteiger charge is 2.32. The van der Waals surface area contributed by atoms with Crippen molar-refractivity contribution in [3.63, 3.8) is 0 Å². The lowest BCUT2D eigenvalue weighted by Gasteiger charge is -2.32. The van der Waals surface area contributed by atoms with E-state index in [9.17, 15) is 9.90 Å². The van der Waals surface area contributed by atoms with E-state index in [1.54, 1.807) is 0 Å². The van der Waals surface area contributed by atoms with E-state index < -0.39 is 5.97 Å². The molecule has 5 heteroatoms. The van der Waals surface area contributed by atoms with Crippen LogP contribution in [0.15, 0.2) is 18.2 Å². The minimum atomic E-state index is -0.716. The zero-order valence-corrected chi connectivity index (χ0v) is 12.8. The number of carboxylic acids is 1. The Morgan fingerprint density at radius 1 is 1.29 bits per heavy atom. The molecule has 0 spiro atoms. The molecule has 3 rings (SSSR count). The fraction of sp³-hybridized carbons (Fsp3) is 0.562. The number of nitrogens with zero attached hydrogens (tertiary/aromatic N) is 1. The van der Waals surface area contributed by atoms with Crippen molar-refractivity contribution in [3.8, 4) is 0 Å². The van der Waals surface area contributed by atoms with Gasteiger partial charge in [-0.05, 0) is 49.4 Å². The van der Waals surface area contributed by atoms with Crippen molar-refractivity contribution in [2.45, 2.75) is 31.7 Å². The Balaban J connectivity index is 1.86. The molecule has 2 saturated heterocycles. The number of nitrogens with one attached hydrogen (secondary N) is 1. The van der Waals surface area contributed by atoms with Gasteiger partial charge in [0.25, 0.3) is 0 Å². The summed E-state index contributed by atoms with van der Waals surface area (Å²) in [5.74, 6) is -1.02. The van der Waals surface area contributed by atoms with E-state index in [0.29, 0.717) is 18.0 Å². The fourth-order valence-electron chi connectivity index (χ4n) is 3.39.